The van der Waals surface area contributed by atoms with Gasteiger partial charge in [-0.15, -0.1) is 0 Å². The number of aromatic nitrogens is 2. The van der Waals surface area contributed by atoms with Crippen LogP contribution >= 0.6 is 11.5 Å². The minimum absolute atomic E-state index is 0.109. The number of ether oxygens (including phenoxy) is 2. The second-order valence-electron chi connectivity index (χ2n) is 3.65. The number of nitrogens with zero attached hydrogens (tertiary/aromatic N) is 2. The second kappa shape index (κ2) is 4.87. The predicted octanol–water partition coefficient (Wildman–Crippen LogP) is 0.602. The van der Waals surface area contributed by atoms with Gasteiger partial charge in [0, 0.05) is 24.6 Å². The van der Waals surface area contributed by atoms with Crippen molar-refractivity contribution < 1.29 is 9.47 Å². The Balaban J connectivity index is 1.77. The predicted molar refractivity (Wildman–Crippen MR) is 57.3 cm³/mol. The van der Waals surface area contributed by atoms with Crippen LogP contribution in [0.15, 0.2) is 0 Å². The number of aryl methyl sites for hydroxylation is 1. The van der Waals surface area contributed by atoms with Gasteiger partial charge in [0.1, 0.15) is 18.5 Å². The van der Waals surface area contributed by atoms with Gasteiger partial charge in [-0.25, -0.2) is 0 Å². The first-order valence-electron chi connectivity index (χ1n) is 5.03. The summed E-state index contributed by atoms with van der Waals surface area (Å²) in [5.41, 5.74) is 0. The Kier molecular flexibility index (Phi) is 3.50. The monoisotopic (exact) mass is 229 g/mol. The molecule has 6 heteroatoms. The Morgan fingerprint density at radius 1 is 1.60 bits per heavy atom. The minimum atomic E-state index is 0.109. The lowest BCUT2D eigenvalue weighted by atomic mass is 10.2. The summed E-state index contributed by atoms with van der Waals surface area (Å²) in [6.07, 6.45) is 0.362. The molecule has 1 fully saturated rings. The molecule has 0 aliphatic carbocycles. The van der Waals surface area contributed by atoms with Gasteiger partial charge >= 0.3 is 0 Å². The van der Waals surface area contributed by atoms with Crippen LogP contribution in [0.1, 0.15) is 12.7 Å². The zero-order chi connectivity index (χ0) is 10.7. The summed E-state index contributed by atoms with van der Waals surface area (Å²) in [6, 6.07) is 0. The summed E-state index contributed by atoms with van der Waals surface area (Å²) in [6.45, 7) is 6.18. The zero-order valence-electron chi connectivity index (χ0n) is 8.90. The van der Waals surface area contributed by atoms with Gasteiger partial charge in [0.2, 0.25) is 0 Å². The van der Waals surface area contributed by atoms with Crippen molar-refractivity contribution in [3.63, 3.8) is 0 Å². The maximum atomic E-state index is 5.68. The fourth-order valence-electron chi connectivity index (χ4n) is 1.47. The van der Waals surface area contributed by atoms with E-state index in [9.17, 15) is 0 Å². The first kappa shape index (κ1) is 10.8. The summed E-state index contributed by atoms with van der Waals surface area (Å²) in [5, 5.41) is 3.91. The van der Waals surface area contributed by atoms with Gasteiger partial charge in [0.15, 0.2) is 0 Å². The van der Waals surface area contributed by atoms with E-state index in [2.05, 4.69) is 14.7 Å². The minimum Gasteiger partial charge on any atom is -0.466 e. The van der Waals surface area contributed by atoms with E-state index >= 15 is 0 Å². The van der Waals surface area contributed by atoms with E-state index < -0.39 is 0 Å². The summed E-state index contributed by atoms with van der Waals surface area (Å²) in [7, 11) is 0. The van der Waals surface area contributed by atoms with Crippen molar-refractivity contribution in [2.45, 2.75) is 26.1 Å². The van der Waals surface area contributed by atoms with Gasteiger partial charge in [-0.05, 0) is 13.8 Å². The molecule has 0 spiro atoms. The molecule has 2 heterocycles. The summed E-state index contributed by atoms with van der Waals surface area (Å²) >= 11 is 1.28. The van der Waals surface area contributed by atoms with Crippen LogP contribution in [-0.2, 0) is 4.74 Å². The van der Waals surface area contributed by atoms with E-state index in [1.807, 2.05) is 13.8 Å². The zero-order valence-corrected chi connectivity index (χ0v) is 9.71. The Bertz CT molecular complexity index is 318. The number of morpholine rings is 1. The molecule has 84 valence electrons. The molecule has 1 aliphatic rings. The quantitative estimate of drug-likeness (QED) is 0.822. The fraction of sp³-hybridized carbons (Fsp3) is 0.778. The van der Waals surface area contributed by atoms with Gasteiger partial charge in [0.25, 0.3) is 5.19 Å². The van der Waals surface area contributed by atoms with Gasteiger partial charge < -0.3 is 14.8 Å². The van der Waals surface area contributed by atoms with Crippen molar-refractivity contribution >= 4 is 11.5 Å². The van der Waals surface area contributed by atoms with Crippen LogP contribution in [-0.4, -0.2) is 41.3 Å². The Morgan fingerprint density at radius 2 is 2.47 bits per heavy atom. The molecule has 0 radical (unpaired) electrons. The van der Waals surface area contributed by atoms with Gasteiger partial charge in [-0.2, -0.15) is 9.36 Å². The number of hydrogen-bond acceptors (Lipinski definition) is 6. The molecule has 1 N–H and O–H groups in total. The van der Waals surface area contributed by atoms with Crippen molar-refractivity contribution in [2.75, 3.05) is 19.7 Å². The molecule has 1 aliphatic heterocycles. The number of hydrogen-bond donors (Lipinski definition) is 1. The molecular weight excluding hydrogens is 214 g/mol. The first-order valence-corrected chi connectivity index (χ1v) is 5.80. The fourth-order valence-corrected chi connectivity index (χ4v) is 2.02. The third-order valence-corrected chi connectivity index (χ3v) is 2.85. The molecule has 0 saturated carbocycles. The van der Waals surface area contributed by atoms with E-state index in [-0.39, 0.29) is 12.2 Å². The topological polar surface area (TPSA) is 56.3 Å². The van der Waals surface area contributed by atoms with E-state index in [0.29, 0.717) is 11.8 Å². The van der Waals surface area contributed by atoms with Crippen molar-refractivity contribution in [1.82, 2.24) is 14.7 Å². The average Bonchev–Trinajstić information content (AvgIpc) is 2.62. The van der Waals surface area contributed by atoms with E-state index in [0.717, 1.165) is 18.9 Å². The molecule has 2 unspecified atom stereocenters. The molecule has 0 bridgehead atoms. The Labute approximate surface area is 93.0 Å². The summed E-state index contributed by atoms with van der Waals surface area (Å²) in [5.74, 6) is 0.756. The van der Waals surface area contributed by atoms with Crippen LogP contribution < -0.4 is 10.1 Å². The first-order chi connectivity index (χ1) is 7.24. The highest BCUT2D eigenvalue weighted by molar-refractivity contribution is 7.07. The maximum absolute atomic E-state index is 5.68. The van der Waals surface area contributed by atoms with Crippen LogP contribution in [0.2, 0.25) is 0 Å². The van der Waals surface area contributed by atoms with Crippen LogP contribution in [0.4, 0.5) is 0 Å². The van der Waals surface area contributed by atoms with E-state index in [1.54, 1.807) is 0 Å². The van der Waals surface area contributed by atoms with Crippen LogP contribution in [0.3, 0.4) is 0 Å². The lowest BCUT2D eigenvalue weighted by Crippen LogP contribution is -2.45. The van der Waals surface area contributed by atoms with Crippen molar-refractivity contribution in [3.05, 3.63) is 5.82 Å². The Hall–Kier alpha value is -0.720. The average molecular weight is 229 g/mol. The van der Waals surface area contributed by atoms with E-state index in [1.165, 1.54) is 11.5 Å². The van der Waals surface area contributed by atoms with Gasteiger partial charge in [0.05, 0.1) is 6.10 Å². The van der Waals surface area contributed by atoms with Gasteiger partial charge in [-0.1, -0.05) is 0 Å². The molecular formula is C9H15N3O2S. The highest BCUT2D eigenvalue weighted by Gasteiger charge is 2.19. The molecule has 0 amide bonds. The normalized spacial score (nSPS) is 26.5. The number of nitrogens with one attached hydrogen (secondary N) is 1. The SMILES string of the molecule is Cc1nsc(OCC2CNCC(C)O2)n1. The molecule has 2 atom stereocenters. The molecule has 5 nitrogen and oxygen atoms in total. The summed E-state index contributed by atoms with van der Waals surface area (Å²) < 4.78 is 15.2. The van der Waals surface area contributed by atoms with Crippen LogP contribution in [0.5, 0.6) is 5.19 Å². The molecule has 1 saturated heterocycles. The van der Waals surface area contributed by atoms with Crippen molar-refractivity contribution in [2.24, 2.45) is 0 Å². The van der Waals surface area contributed by atoms with Crippen LogP contribution in [0.25, 0.3) is 0 Å². The highest BCUT2D eigenvalue weighted by Crippen LogP contribution is 2.14. The number of rotatable bonds is 3. The highest BCUT2D eigenvalue weighted by atomic mass is 32.1. The Morgan fingerprint density at radius 3 is 3.13 bits per heavy atom. The third kappa shape index (κ3) is 3.12. The smallest absolute Gasteiger partial charge is 0.293 e. The lowest BCUT2D eigenvalue weighted by Gasteiger charge is -2.28. The van der Waals surface area contributed by atoms with Crippen molar-refractivity contribution in [1.29, 1.82) is 0 Å². The third-order valence-electron chi connectivity index (χ3n) is 2.13. The second-order valence-corrected chi connectivity index (χ2v) is 4.36. The van der Waals surface area contributed by atoms with Crippen LogP contribution in [0, 0.1) is 6.92 Å². The molecule has 1 aromatic heterocycles. The lowest BCUT2D eigenvalue weighted by molar-refractivity contribution is -0.0470. The molecule has 15 heavy (non-hydrogen) atoms. The molecule has 0 aromatic carbocycles. The summed E-state index contributed by atoms with van der Waals surface area (Å²) in [4.78, 5) is 4.12. The van der Waals surface area contributed by atoms with E-state index in [4.69, 9.17) is 9.47 Å². The molecule has 1 aromatic rings. The molecule has 2 rings (SSSR count). The van der Waals surface area contributed by atoms with Crippen molar-refractivity contribution in [3.8, 4) is 5.19 Å². The standard InChI is InChI=1S/C9H15N3O2S/c1-6-3-10-4-8(14-6)5-13-9-11-7(2)12-15-9/h6,8,10H,3-5H2,1-2H3. The largest absolute Gasteiger partial charge is 0.466 e. The van der Waals surface area contributed by atoms with Gasteiger partial charge in [-0.3, -0.25) is 0 Å². The maximum Gasteiger partial charge on any atom is 0.293 e.